The number of hydrogen-bond donors (Lipinski definition) is 1. The molecule has 2 aliphatic heterocycles. The summed E-state index contributed by atoms with van der Waals surface area (Å²) in [5, 5.41) is 19.1. The number of amides is 1. The number of nitrogens with zero attached hydrogens (tertiary/aromatic N) is 3. The third-order valence-corrected chi connectivity index (χ3v) is 5.30. The van der Waals surface area contributed by atoms with Crippen molar-refractivity contribution in [2.24, 2.45) is 5.10 Å². The molecule has 0 radical (unpaired) electrons. The first kappa shape index (κ1) is 17.0. The third kappa shape index (κ3) is 2.47. The predicted molar refractivity (Wildman–Crippen MR) is 112 cm³/mol. The van der Waals surface area contributed by atoms with Crippen LogP contribution in [0.25, 0.3) is 0 Å². The molecular formula is C24H16N4O. The Balaban J connectivity index is 1.77. The quantitative estimate of drug-likeness (QED) is 0.678. The summed E-state index contributed by atoms with van der Waals surface area (Å²) in [6.07, 6.45) is 3.39. The maximum Gasteiger partial charge on any atom is 0.285 e. The zero-order valence-electron chi connectivity index (χ0n) is 15.4. The van der Waals surface area contributed by atoms with E-state index >= 15 is 0 Å². The van der Waals surface area contributed by atoms with Crippen LogP contribution >= 0.6 is 0 Å². The molecule has 0 saturated carbocycles. The van der Waals surface area contributed by atoms with Gasteiger partial charge in [-0.2, -0.15) is 10.4 Å². The number of carbonyl (C=O) groups is 1. The highest BCUT2D eigenvalue weighted by molar-refractivity contribution is 6.03. The number of rotatable bonds is 2. The predicted octanol–water partition coefficient (Wildman–Crippen LogP) is 4.31. The Bertz CT molecular complexity index is 1180. The second-order valence-corrected chi connectivity index (χ2v) is 6.92. The maximum atomic E-state index is 13.2. The summed E-state index contributed by atoms with van der Waals surface area (Å²) >= 11 is 0. The fourth-order valence-electron chi connectivity index (χ4n) is 4.02. The molecule has 0 aliphatic carbocycles. The van der Waals surface area contributed by atoms with Crippen molar-refractivity contribution in [1.29, 1.82) is 5.26 Å². The fourth-order valence-corrected chi connectivity index (χ4v) is 4.02. The first-order valence-electron chi connectivity index (χ1n) is 9.26. The van der Waals surface area contributed by atoms with Crippen molar-refractivity contribution in [3.8, 4) is 6.07 Å². The van der Waals surface area contributed by atoms with Gasteiger partial charge in [0.25, 0.3) is 5.91 Å². The Morgan fingerprint density at radius 1 is 0.897 bits per heavy atom. The molecule has 0 aromatic heterocycles. The normalized spacial score (nSPS) is 16.2. The highest BCUT2D eigenvalue weighted by Crippen LogP contribution is 2.51. The van der Waals surface area contributed by atoms with Crippen LogP contribution in [0, 0.1) is 11.3 Å². The van der Waals surface area contributed by atoms with Gasteiger partial charge in [0, 0.05) is 22.5 Å². The van der Waals surface area contributed by atoms with E-state index in [1.165, 1.54) is 5.01 Å². The Labute approximate surface area is 168 Å². The Morgan fingerprint density at radius 3 is 2.10 bits per heavy atom. The highest BCUT2D eigenvalue weighted by atomic mass is 16.2. The average molecular weight is 376 g/mol. The van der Waals surface area contributed by atoms with E-state index < -0.39 is 11.4 Å². The molecule has 2 aliphatic rings. The Hall–Kier alpha value is -4.17. The molecule has 0 atom stereocenters. The van der Waals surface area contributed by atoms with Crippen molar-refractivity contribution < 1.29 is 4.79 Å². The van der Waals surface area contributed by atoms with Crippen molar-refractivity contribution >= 4 is 23.5 Å². The van der Waals surface area contributed by atoms with Gasteiger partial charge in [0.2, 0.25) is 0 Å². The zero-order valence-corrected chi connectivity index (χ0v) is 15.4. The molecule has 5 nitrogen and oxygen atoms in total. The molecule has 0 fully saturated rings. The summed E-state index contributed by atoms with van der Waals surface area (Å²) in [5.74, 6) is -0.411. The fraction of sp³-hybridized carbons (Fsp3) is 0.0417. The van der Waals surface area contributed by atoms with Crippen LogP contribution < -0.4 is 5.32 Å². The molecule has 2 heterocycles. The lowest BCUT2D eigenvalue weighted by Gasteiger charge is -2.41. The van der Waals surface area contributed by atoms with E-state index in [0.29, 0.717) is 0 Å². The average Bonchev–Trinajstić information content (AvgIpc) is 3.05. The van der Waals surface area contributed by atoms with E-state index in [2.05, 4.69) is 16.5 Å². The van der Waals surface area contributed by atoms with Gasteiger partial charge in [0.15, 0.2) is 0 Å². The van der Waals surface area contributed by atoms with Crippen LogP contribution in [0.3, 0.4) is 0 Å². The third-order valence-electron chi connectivity index (χ3n) is 5.30. The topological polar surface area (TPSA) is 68.5 Å². The van der Waals surface area contributed by atoms with Crippen molar-refractivity contribution in [3.05, 3.63) is 107 Å². The lowest BCUT2D eigenvalue weighted by atomic mass is 9.78. The van der Waals surface area contributed by atoms with E-state index in [9.17, 15) is 10.1 Å². The number of anilines is 2. The number of nitrogens with one attached hydrogen (secondary N) is 1. The van der Waals surface area contributed by atoms with Gasteiger partial charge in [0.05, 0.1) is 6.21 Å². The summed E-state index contributed by atoms with van der Waals surface area (Å²) in [6, 6.07) is 27.2. The lowest BCUT2D eigenvalue weighted by Crippen LogP contribution is -2.44. The number of nitriles is 1. The van der Waals surface area contributed by atoms with Crippen LogP contribution in [0.1, 0.15) is 16.7 Å². The monoisotopic (exact) mass is 376 g/mol. The van der Waals surface area contributed by atoms with E-state index in [-0.39, 0.29) is 5.57 Å². The molecule has 5 heteroatoms. The van der Waals surface area contributed by atoms with Crippen LogP contribution in [-0.2, 0) is 10.3 Å². The van der Waals surface area contributed by atoms with E-state index in [4.69, 9.17) is 0 Å². The van der Waals surface area contributed by atoms with Gasteiger partial charge in [-0.1, -0.05) is 66.7 Å². The van der Waals surface area contributed by atoms with Crippen LogP contribution in [0.2, 0.25) is 0 Å². The first-order chi connectivity index (χ1) is 14.2. The van der Waals surface area contributed by atoms with Gasteiger partial charge in [-0.15, -0.1) is 0 Å². The second-order valence-electron chi connectivity index (χ2n) is 6.92. The number of fused-ring (bicyclic) bond motifs is 4. The highest BCUT2D eigenvalue weighted by Gasteiger charge is 2.52. The standard InChI is InChI=1S/C24H16N4O/c25-15-18-14-24(28(23(18)29)26-16-17-8-2-1-3-9-17)19-10-4-6-12-21(19)27-22-13-7-5-11-20(22)24/h1-14,16,27H/b26-16-. The molecule has 1 N–H and O–H groups in total. The summed E-state index contributed by atoms with van der Waals surface area (Å²) in [4.78, 5) is 13.2. The van der Waals surface area contributed by atoms with Gasteiger partial charge < -0.3 is 5.32 Å². The smallest absolute Gasteiger partial charge is 0.285 e. The van der Waals surface area contributed by atoms with Crippen molar-refractivity contribution in [2.45, 2.75) is 5.54 Å². The Kier molecular flexibility index (Phi) is 3.78. The van der Waals surface area contributed by atoms with Crippen molar-refractivity contribution in [1.82, 2.24) is 5.01 Å². The van der Waals surface area contributed by atoms with E-state index in [1.54, 1.807) is 12.3 Å². The summed E-state index contributed by atoms with van der Waals surface area (Å²) < 4.78 is 0. The molecule has 3 aromatic carbocycles. The maximum absolute atomic E-state index is 13.2. The summed E-state index contributed by atoms with van der Waals surface area (Å²) in [5.41, 5.74) is 3.50. The molecule has 29 heavy (non-hydrogen) atoms. The first-order valence-corrected chi connectivity index (χ1v) is 9.26. The molecule has 1 spiro atoms. The molecule has 5 rings (SSSR count). The van der Waals surface area contributed by atoms with Crippen molar-refractivity contribution in [2.75, 3.05) is 5.32 Å². The van der Waals surface area contributed by atoms with Gasteiger partial charge in [-0.05, 0) is 23.8 Å². The van der Waals surface area contributed by atoms with E-state index in [1.807, 2.05) is 78.9 Å². The molecule has 138 valence electrons. The zero-order chi connectivity index (χ0) is 19.8. The largest absolute Gasteiger partial charge is 0.355 e. The molecule has 3 aromatic rings. The lowest BCUT2D eigenvalue weighted by molar-refractivity contribution is -0.128. The van der Waals surface area contributed by atoms with Crippen LogP contribution in [0.5, 0.6) is 0 Å². The number of para-hydroxylation sites is 2. The summed E-state index contributed by atoms with van der Waals surface area (Å²) in [7, 11) is 0. The number of carbonyl (C=O) groups excluding carboxylic acids is 1. The Morgan fingerprint density at radius 2 is 1.48 bits per heavy atom. The van der Waals surface area contributed by atoms with Crippen LogP contribution in [-0.4, -0.2) is 17.1 Å². The minimum Gasteiger partial charge on any atom is -0.355 e. The van der Waals surface area contributed by atoms with E-state index in [0.717, 1.165) is 28.1 Å². The van der Waals surface area contributed by atoms with Gasteiger partial charge in [-0.3, -0.25) is 4.79 Å². The van der Waals surface area contributed by atoms with Gasteiger partial charge in [-0.25, -0.2) is 5.01 Å². The van der Waals surface area contributed by atoms with Crippen LogP contribution in [0.15, 0.2) is 95.6 Å². The summed E-state index contributed by atoms with van der Waals surface area (Å²) in [6.45, 7) is 0. The molecule has 0 saturated heterocycles. The number of benzene rings is 3. The van der Waals surface area contributed by atoms with Crippen LogP contribution in [0.4, 0.5) is 11.4 Å². The molecule has 1 amide bonds. The molecular weight excluding hydrogens is 360 g/mol. The molecule has 0 unspecified atom stereocenters. The number of hydrazone groups is 1. The number of hydrogen-bond acceptors (Lipinski definition) is 4. The van der Waals surface area contributed by atoms with Crippen molar-refractivity contribution in [3.63, 3.8) is 0 Å². The minimum atomic E-state index is -0.980. The SMILES string of the molecule is N#CC1=CC2(c3ccccc3Nc3ccccc32)N(/N=C\c2ccccc2)C1=O. The van der Waals surface area contributed by atoms with Gasteiger partial charge >= 0.3 is 0 Å². The molecule has 0 bridgehead atoms. The second kappa shape index (κ2) is 6.47. The minimum absolute atomic E-state index is 0.0849. The van der Waals surface area contributed by atoms with Gasteiger partial charge in [0.1, 0.15) is 17.2 Å².